The Morgan fingerprint density at radius 3 is 2.49 bits per heavy atom. The minimum atomic E-state index is -0.800. The molecule has 0 aliphatic rings. The highest BCUT2D eigenvalue weighted by Crippen LogP contribution is 2.16. The van der Waals surface area contributed by atoms with Crippen molar-refractivity contribution in [2.45, 2.75) is 45.9 Å². The third-order valence-corrected chi connectivity index (χ3v) is 5.59. The highest BCUT2D eigenvalue weighted by atomic mass is 16.6. The van der Waals surface area contributed by atoms with Crippen LogP contribution in [0.5, 0.6) is 0 Å². The standard InChI is InChI=1S/C27H34N8O8/c1-27(2,3)43-26(41)29-11-12-34(13-14-36)20(38)15-35-17-30-21-22(32-24(39)33-23(21)35)31-19(37)9-10-28-25(40)42-16-18-7-5-4-6-8-18/h4-8,14,17H,9-13,15-16H2,1-3H3,(H,28,40)(H,29,41)(H2,31,32,33,37,39). The van der Waals surface area contributed by atoms with Crippen LogP contribution in [0.4, 0.5) is 15.4 Å². The van der Waals surface area contributed by atoms with E-state index in [9.17, 15) is 28.8 Å². The molecule has 0 radical (unpaired) electrons. The lowest BCUT2D eigenvalue weighted by Gasteiger charge is -2.22. The lowest BCUT2D eigenvalue weighted by Crippen LogP contribution is -2.42. The van der Waals surface area contributed by atoms with E-state index in [0.29, 0.717) is 6.29 Å². The molecule has 0 unspecified atom stereocenters. The summed E-state index contributed by atoms with van der Waals surface area (Å²) in [7, 11) is 0. The number of anilines is 1. The molecule has 3 aromatic rings. The molecular weight excluding hydrogens is 564 g/mol. The van der Waals surface area contributed by atoms with E-state index in [2.05, 4.69) is 30.9 Å². The Labute approximate surface area is 246 Å². The summed E-state index contributed by atoms with van der Waals surface area (Å²) in [6.45, 7) is 4.69. The first-order chi connectivity index (χ1) is 20.4. The smallest absolute Gasteiger partial charge is 0.407 e. The second-order valence-electron chi connectivity index (χ2n) is 10.2. The molecule has 2 aromatic heterocycles. The molecule has 0 aliphatic heterocycles. The number of alkyl carbamates (subject to hydrolysis) is 2. The van der Waals surface area contributed by atoms with Gasteiger partial charge in [0.25, 0.3) is 0 Å². The summed E-state index contributed by atoms with van der Waals surface area (Å²) in [6.07, 6.45) is 0.322. The van der Waals surface area contributed by atoms with Crippen LogP contribution in [0.1, 0.15) is 32.8 Å². The molecule has 0 bridgehead atoms. The fourth-order valence-corrected chi connectivity index (χ4v) is 3.68. The van der Waals surface area contributed by atoms with Crippen molar-refractivity contribution in [2.75, 3.05) is 31.5 Å². The molecule has 0 aliphatic carbocycles. The monoisotopic (exact) mass is 598 g/mol. The number of hydrogen-bond donors (Lipinski definition) is 4. The summed E-state index contributed by atoms with van der Waals surface area (Å²) in [5.41, 5.74) is -0.543. The van der Waals surface area contributed by atoms with Gasteiger partial charge in [-0.05, 0) is 26.3 Å². The molecule has 1 aromatic carbocycles. The quantitative estimate of drug-likeness (QED) is 0.205. The number of aromatic amines is 1. The zero-order valence-corrected chi connectivity index (χ0v) is 24.0. The van der Waals surface area contributed by atoms with Crippen LogP contribution in [0.2, 0.25) is 0 Å². The molecule has 4 amide bonds. The first-order valence-electron chi connectivity index (χ1n) is 13.3. The number of aromatic nitrogens is 4. The number of fused-ring (bicyclic) bond motifs is 1. The zero-order chi connectivity index (χ0) is 31.4. The highest BCUT2D eigenvalue weighted by molar-refractivity contribution is 5.97. The molecule has 16 nitrogen and oxygen atoms in total. The van der Waals surface area contributed by atoms with Crippen LogP contribution in [-0.4, -0.2) is 86.5 Å². The first kappa shape index (κ1) is 32.2. The van der Waals surface area contributed by atoms with Gasteiger partial charge in [0.1, 0.15) is 36.4 Å². The van der Waals surface area contributed by atoms with Crippen molar-refractivity contribution in [1.82, 2.24) is 35.1 Å². The summed E-state index contributed by atoms with van der Waals surface area (Å²) in [5, 5.41) is 7.52. The number of carbonyl (C=O) groups excluding carboxylic acids is 5. The minimum Gasteiger partial charge on any atom is -0.445 e. The topological polar surface area (TPSA) is 207 Å². The third-order valence-electron chi connectivity index (χ3n) is 5.59. The van der Waals surface area contributed by atoms with Crippen molar-refractivity contribution in [3.05, 3.63) is 52.7 Å². The molecule has 4 N–H and O–H groups in total. The average molecular weight is 599 g/mol. The Hall–Kier alpha value is -5.28. The van der Waals surface area contributed by atoms with Crippen LogP contribution in [0.3, 0.4) is 0 Å². The molecule has 2 heterocycles. The number of hydrogen-bond acceptors (Lipinski definition) is 10. The van der Waals surface area contributed by atoms with Gasteiger partial charge in [-0.1, -0.05) is 30.3 Å². The van der Waals surface area contributed by atoms with Gasteiger partial charge in [0.15, 0.2) is 5.65 Å². The number of aldehydes is 1. The molecule has 3 rings (SSSR count). The van der Waals surface area contributed by atoms with Crippen molar-refractivity contribution in [3.8, 4) is 0 Å². The van der Waals surface area contributed by atoms with E-state index in [4.69, 9.17) is 9.47 Å². The van der Waals surface area contributed by atoms with E-state index in [1.54, 1.807) is 20.8 Å². The number of nitrogens with zero attached hydrogens (tertiary/aromatic N) is 4. The summed E-state index contributed by atoms with van der Waals surface area (Å²) in [5.74, 6) is -1.08. The van der Waals surface area contributed by atoms with E-state index in [0.717, 1.165) is 5.56 Å². The first-order valence-corrected chi connectivity index (χ1v) is 13.3. The Bertz CT molecular complexity index is 1500. The molecule has 16 heteroatoms. The number of nitrogens with one attached hydrogen (secondary N) is 4. The summed E-state index contributed by atoms with van der Waals surface area (Å²) < 4.78 is 11.5. The van der Waals surface area contributed by atoms with Gasteiger partial charge < -0.3 is 39.7 Å². The van der Waals surface area contributed by atoms with Crippen molar-refractivity contribution in [1.29, 1.82) is 0 Å². The second kappa shape index (κ2) is 15.1. The molecule has 0 atom stereocenters. The SMILES string of the molecule is CC(C)(C)OC(=O)NCCN(CC=O)C(=O)Cn1cnc2c(NC(=O)CCNC(=O)OCc3ccccc3)[nH]c(=O)nc21. The summed E-state index contributed by atoms with van der Waals surface area (Å²) in [6, 6.07) is 9.10. The van der Waals surface area contributed by atoms with Crippen LogP contribution < -0.4 is 21.6 Å². The van der Waals surface area contributed by atoms with Gasteiger partial charge >= 0.3 is 17.9 Å². The summed E-state index contributed by atoms with van der Waals surface area (Å²) in [4.78, 5) is 84.2. The van der Waals surface area contributed by atoms with E-state index in [1.165, 1.54) is 15.8 Å². The van der Waals surface area contributed by atoms with Gasteiger partial charge in [-0.3, -0.25) is 14.6 Å². The molecule has 0 fully saturated rings. The largest absolute Gasteiger partial charge is 0.445 e. The van der Waals surface area contributed by atoms with E-state index in [-0.39, 0.29) is 62.7 Å². The lowest BCUT2D eigenvalue weighted by atomic mass is 10.2. The van der Waals surface area contributed by atoms with Crippen LogP contribution in [0.15, 0.2) is 41.5 Å². The number of benzene rings is 1. The molecule has 0 saturated carbocycles. The van der Waals surface area contributed by atoms with Crippen LogP contribution in [-0.2, 0) is 37.0 Å². The van der Waals surface area contributed by atoms with Gasteiger partial charge in [0, 0.05) is 26.1 Å². The number of H-pyrrole nitrogens is 1. The number of ether oxygens (including phenoxy) is 2. The number of carbonyl (C=O) groups is 5. The molecular formula is C27H34N8O8. The van der Waals surface area contributed by atoms with E-state index in [1.807, 2.05) is 30.3 Å². The Morgan fingerprint density at radius 2 is 1.79 bits per heavy atom. The molecule has 0 saturated heterocycles. The maximum Gasteiger partial charge on any atom is 0.407 e. The fourth-order valence-electron chi connectivity index (χ4n) is 3.68. The summed E-state index contributed by atoms with van der Waals surface area (Å²) >= 11 is 0. The number of amides is 4. The second-order valence-corrected chi connectivity index (χ2v) is 10.2. The Balaban J connectivity index is 1.55. The van der Waals surface area contributed by atoms with Gasteiger partial charge in [0.05, 0.1) is 12.9 Å². The number of rotatable bonds is 13. The van der Waals surface area contributed by atoms with Crippen LogP contribution in [0, 0.1) is 0 Å². The van der Waals surface area contributed by atoms with Crippen molar-refractivity contribution >= 4 is 47.3 Å². The Kier molecular flexibility index (Phi) is 11.3. The van der Waals surface area contributed by atoms with E-state index < -0.39 is 35.3 Å². The van der Waals surface area contributed by atoms with Crippen LogP contribution >= 0.6 is 0 Å². The number of imidazole rings is 1. The highest BCUT2D eigenvalue weighted by Gasteiger charge is 2.20. The van der Waals surface area contributed by atoms with Crippen molar-refractivity contribution in [3.63, 3.8) is 0 Å². The van der Waals surface area contributed by atoms with Gasteiger partial charge in [-0.15, -0.1) is 0 Å². The van der Waals surface area contributed by atoms with Crippen LogP contribution in [0.25, 0.3) is 11.2 Å². The molecule has 230 valence electrons. The van der Waals surface area contributed by atoms with Crippen molar-refractivity contribution in [2.24, 2.45) is 0 Å². The maximum absolute atomic E-state index is 12.9. The average Bonchev–Trinajstić information content (AvgIpc) is 3.33. The zero-order valence-electron chi connectivity index (χ0n) is 24.0. The normalized spacial score (nSPS) is 11.0. The molecule has 0 spiro atoms. The van der Waals surface area contributed by atoms with Gasteiger partial charge in [-0.25, -0.2) is 19.4 Å². The lowest BCUT2D eigenvalue weighted by molar-refractivity contribution is -0.133. The van der Waals surface area contributed by atoms with Gasteiger partial charge in [0.2, 0.25) is 11.8 Å². The predicted molar refractivity (Wildman–Crippen MR) is 153 cm³/mol. The third kappa shape index (κ3) is 10.6. The van der Waals surface area contributed by atoms with E-state index >= 15 is 0 Å². The minimum absolute atomic E-state index is 0.0204. The molecule has 43 heavy (non-hydrogen) atoms. The van der Waals surface area contributed by atoms with Crippen molar-refractivity contribution < 1.29 is 33.4 Å². The predicted octanol–water partition coefficient (Wildman–Crippen LogP) is 0.927. The van der Waals surface area contributed by atoms with Gasteiger partial charge in [-0.2, -0.15) is 4.98 Å². The fraction of sp³-hybridized carbons (Fsp3) is 0.407. The Morgan fingerprint density at radius 1 is 1.07 bits per heavy atom. The maximum atomic E-state index is 12.9.